The molecule has 2 rings (SSSR count). The quantitative estimate of drug-likeness (QED) is 0.781. The highest BCUT2D eigenvalue weighted by atomic mass is 16.5. The molecule has 2 aromatic rings. The fourth-order valence-corrected chi connectivity index (χ4v) is 1.37. The van der Waals surface area contributed by atoms with Crippen LogP contribution in [0.4, 0.5) is 0 Å². The number of nitrogens with zero attached hydrogens (tertiary/aromatic N) is 2. The van der Waals surface area contributed by atoms with Crippen LogP contribution < -0.4 is 0 Å². The van der Waals surface area contributed by atoms with Gasteiger partial charge < -0.3 is 14.2 Å². The molecule has 0 radical (unpaired) electrons. The third-order valence-corrected chi connectivity index (χ3v) is 2.01. The number of aromatic hydroxyl groups is 1. The molecule has 0 saturated heterocycles. The molecule has 0 aliphatic rings. The Bertz CT molecular complexity index is 531. The zero-order valence-electron chi connectivity index (χ0n) is 9.04. The van der Waals surface area contributed by atoms with Crippen LogP contribution in [0.15, 0.2) is 24.5 Å². The second-order valence-electron chi connectivity index (χ2n) is 3.70. The standard InChI is InChI=1S/C11H12N2O3/c1-7(2)16-11(15)8-6-13-5-3-4-9(14)10(13)12-8/h3-7,14H,1-2H3. The molecular formula is C11H12N2O3. The number of carbonyl (C=O) groups excluding carboxylic acids is 1. The number of hydrogen-bond acceptors (Lipinski definition) is 4. The highest BCUT2D eigenvalue weighted by Crippen LogP contribution is 2.17. The number of imidazole rings is 1. The molecule has 0 fully saturated rings. The van der Waals surface area contributed by atoms with E-state index in [1.165, 1.54) is 12.3 Å². The van der Waals surface area contributed by atoms with Gasteiger partial charge >= 0.3 is 5.97 Å². The Kier molecular flexibility index (Phi) is 2.52. The lowest BCUT2D eigenvalue weighted by Crippen LogP contribution is -2.11. The molecule has 0 spiro atoms. The van der Waals surface area contributed by atoms with Crippen molar-refractivity contribution < 1.29 is 14.6 Å². The van der Waals surface area contributed by atoms with Gasteiger partial charge in [-0.2, -0.15) is 0 Å². The first kappa shape index (κ1) is 10.5. The number of ether oxygens (including phenoxy) is 1. The molecule has 0 bridgehead atoms. The number of carbonyl (C=O) groups is 1. The Morgan fingerprint density at radius 2 is 2.31 bits per heavy atom. The van der Waals surface area contributed by atoms with Gasteiger partial charge in [0.2, 0.25) is 0 Å². The molecule has 1 N–H and O–H groups in total. The lowest BCUT2D eigenvalue weighted by Gasteiger charge is -2.04. The number of esters is 1. The highest BCUT2D eigenvalue weighted by Gasteiger charge is 2.14. The fourth-order valence-electron chi connectivity index (χ4n) is 1.37. The van der Waals surface area contributed by atoms with E-state index in [1.807, 2.05) is 0 Å². The Balaban J connectivity index is 2.40. The second kappa shape index (κ2) is 3.84. The van der Waals surface area contributed by atoms with Gasteiger partial charge in [-0.05, 0) is 26.0 Å². The molecule has 16 heavy (non-hydrogen) atoms. The van der Waals surface area contributed by atoms with E-state index in [1.54, 1.807) is 30.5 Å². The summed E-state index contributed by atoms with van der Waals surface area (Å²) in [5.41, 5.74) is 0.536. The molecule has 0 aliphatic heterocycles. The molecule has 84 valence electrons. The van der Waals surface area contributed by atoms with E-state index in [0.717, 1.165) is 0 Å². The Morgan fingerprint density at radius 1 is 1.56 bits per heavy atom. The van der Waals surface area contributed by atoms with Crippen molar-refractivity contribution in [3.63, 3.8) is 0 Å². The second-order valence-corrected chi connectivity index (χ2v) is 3.70. The fraction of sp³-hybridized carbons (Fsp3) is 0.273. The number of pyridine rings is 1. The van der Waals surface area contributed by atoms with E-state index in [0.29, 0.717) is 5.65 Å². The predicted molar refractivity (Wildman–Crippen MR) is 57.4 cm³/mol. The Morgan fingerprint density at radius 3 is 2.94 bits per heavy atom. The summed E-state index contributed by atoms with van der Waals surface area (Å²) >= 11 is 0. The van der Waals surface area contributed by atoms with Crippen molar-refractivity contribution in [2.45, 2.75) is 20.0 Å². The lowest BCUT2D eigenvalue weighted by atomic mass is 10.4. The summed E-state index contributed by atoms with van der Waals surface area (Å²) in [5.74, 6) is -0.454. The highest BCUT2D eigenvalue weighted by molar-refractivity contribution is 5.88. The first-order chi connectivity index (χ1) is 7.58. The van der Waals surface area contributed by atoms with Crippen molar-refractivity contribution in [3.05, 3.63) is 30.2 Å². The SMILES string of the molecule is CC(C)OC(=O)c1cn2cccc(O)c2n1. The zero-order valence-corrected chi connectivity index (χ0v) is 9.04. The first-order valence-corrected chi connectivity index (χ1v) is 4.95. The zero-order chi connectivity index (χ0) is 11.7. The van der Waals surface area contributed by atoms with Crippen LogP contribution in [-0.2, 0) is 4.74 Å². The normalized spacial score (nSPS) is 10.9. The smallest absolute Gasteiger partial charge is 0.358 e. The number of hydrogen-bond donors (Lipinski definition) is 1. The van der Waals surface area contributed by atoms with Crippen LogP contribution in [0.3, 0.4) is 0 Å². The molecule has 5 nitrogen and oxygen atoms in total. The molecule has 0 unspecified atom stereocenters. The summed E-state index contributed by atoms with van der Waals surface area (Å²) in [5, 5.41) is 9.51. The molecule has 2 aromatic heterocycles. The topological polar surface area (TPSA) is 63.8 Å². The van der Waals surface area contributed by atoms with E-state index in [-0.39, 0.29) is 17.5 Å². The van der Waals surface area contributed by atoms with Gasteiger partial charge in [0.15, 0.2) is 17.1 Å². The number of aromatic nitrogens is 2. The van der Waals surface area contributed by atoms with Crippen LogP contribution in [0, 0.1) is 0 Å². The third kappa shape index (κ3) is 1.84. The van der Waals surface area contributed by atoms with Crippen LogP contribution in [0.1, 0.15) is 24.3 Å². The molecule has 0 aromatic carbocycles. The van der Waals surface area contributed by atoms with Crippen LogP contribution in [-0.4, -0.2) is 26.6 Å². The maximum atomic E-state index is 11.6. The minimum Gasteiger partial charge on any atom is -0.504 e. The Labute approximate surface area is 92.3 Å². The van der Waals surface area contributed by atoms with E-state index in [2.05, 4.69) is 4.98 Å². The average Bonchev–Trinajstić information content (AvgIpc) is 2.61. The molecule has 0 saturated carbocycles. The average molecular weight is 220 g/mol. The molecule has 0 aliphatic carbocycles. The van der Waals surface area contributed by atoms with Crippen molar-refractivity contribution in [2.75, 3.05) is 0 Å². The van der Waals surface area contributed by atoms with Crippen LogP contribution in [0.5, 0.6) is 5.75 Å². The van der Waals surface area contributed by atoms with Crippen molar-refractivity contribution in [3.8, 4) is 5.75 Å². The summed E-state index contributed by atoms with van der Waals surface area (Å²) in [6, 6.07) is 3.18. The maximum Gasteiger partial charge on any atom is 0.358 e. The van der Waals surface area contributed by atoms with Gasteiger partial charge in [-0.15, -0.1) is 0 Å². The monoisotopic (exact) mass is 220 g/mol. The minimum atomic E-state index is -0.488. The van der Waals surface area contributed by atoms with Crippen LogP contribution in [0.25, 0.3) is 5.65 Å². The van der Waals surface area contributed by atoms with Gasteiger partial charge in [-0.25, -0.2) is 9.78 Å². The van der Waals surface area contributed by atoms with Crippen LogP contribution >= 0.6 is 0 Å². The van der Waals surface area contributed by atoms with E-state index >= 15 is 0 Å². The van der Waals surface area contributed by atoms with Crippen molar-refractivity contribution in [2.24, 2.45) is 0 Å². The van der Waals surface area contributed by atoms with Gasteiger partial charge in [0.25, 0.3) is 0 Å². The third-order valence-electron chi connectivity index (χ3n) is 2.01. The van der Waals surface area contributed by atoms with Crippen molar-refractivity contribution >= 4 is 11.6 Å². The molecule has 0 amide bonds. The van der Waals surface area contributed by atoms with Gasteiger partial charge in [0, 0.05) is 12.4 Å². The van der Waals surface area contributed by atoms with Gasteiger partial charge in [0.05, 0.1) is 6.10 Å². The number of rotatable bonds is 2. The number of fused-ring (bicyclic) bond motifs is 1. The minimum absolute atomic E-state index is 0.0334. The summed E-state index contributed by atoms with van der Waals surface area (Å²) in [6.45, 7) is 3.54. The summed E-state index contributed by atoms with van der Waals surface area (Å²) in [4.78, 5) is 15.6. The van der Waals surface area contributed by atoms with E-state index < -0.39 is 5.97 Å². The van der Waals surface area contributed by atoms with E-state index in [9.17, 15) is 9.90 Å². The maximum absolute atomic E-state index is 11.6. The summed E-state index contributed by atoms with van der Waals surface area (Å²) in [7, 11) is 0. The summed E-state index contributed by atoms with van der Waals surface area (Å²) in [6.07, 6.45) is 3.04. The van der Waals surface area contributed by atoms with Crippen molar-refractivity contribution in [1.82, 2.24) is 9.38 Å². The lowest BCUT2D eigenvalue weighted by molar-refractivity contribution is 0.0371. The summed E-state index contributed by atoms with van der Waals surface area (Å²) < 4.78 is 6.58. The molecule has 0 atom stereocenters. The van der Waals surface area contributed by atoms with Gasteiger partial charge in [-0.3, -0.25) is 0 Å². The van der Waals surface area contributed by atoms with Crippen LogP contribution in [0.2, 0.25) is 0 Å². The van der Waals surface area contributed by atoms with Crippen molar-refractivity contribution in [1.29, 1.82) is 0 Å². The van der Waals surface area contributed by atoms with Gasteiger partial charge in [0.1, 0.15) is 0 Å². The Hall–Kier alpha value is -2.04. The first-order valence-electron chi connectivity index (χ1n) is 4.95. The molecular weight excluding hydrogens is 208 g/mol. The molecule has 2 heterocycles. The van der Waals surface area contributed by atoms with E-state index in [4.69, 9.17) is 4.74 Å². The van der Waals surface area contributed by atoms with Gasteiger partial charge in [-0.1, -0.05) is 0 Å². The largest absolute Gasteiger partial charge is 0.504 e. The predicted octanol–water partition coefficient (Wildman–Crippen LogP) is 1.61. The molecule has 5 heteroatoms.